The normalized spacial score (nSPS) is 10.4. The first-order valence-electron chi connectivity index (χ1n) is 6.55. The van der Waals surface area contributed by atoms with Crippen molar-refractivity contribution >= 4 is 11.6 Å². The van der Waals surface area contributed by atoms with E-state index in [9.17, 15) is 13.6 Å². The van der Waals surface area contributed by atoms with E-state index in [1.165, 1.54) is 18.2 Å². The largest absolute Gasteiger partial charge is 0.399 e. The summed E-state index contributed by atoms with van der Waals surface area (Å²) in [5.74, 6) is -1.22. The van der Waals surface area contributed by atoms with Crippen molar-refractivity contribution in [1.29, 1.82) is 0 Å². The standard InChI is InChI=1S/C16H16F2N2O/c1-10-6-13(17)3-2-11(10)4-5-20-16(21)12-7-14(18)9-15(19)8-12/h2-3,6-9H,4-5,19H2,1H3,(H,20,21). The van der Waals surface area contributed by atoms with Gasteiger partial charge >= 0.3 is 0 Å². The molecule has 3 N–H and O–H groups in total. The lowest BCUT2D eigenvalue weighted by molar-refractivity contribution is 0.0953. The second kappa shape index (κ2) is 6.35. The highest BCUT2D eigenvalue weighted by Gasteiger charge is 2.08. The SMILES string of the molecule is Cc1cc(F)ccc1CCNC(=O)c1cc(N)cc(F)c1. The molecule has 2 aromatic rings. The number of amides is 1. The van der Waals surface area contributed by atoms with E-state index >= 15 is 0 Å². The molecule has 0 aliphatic carbocycles. The number of carbonyl (C=O) groups is 1. The summed E-state index contributed by atoms with van der Waals surface area (Å²) in [6.45, 7) is 2.19. The second-order valence-electron chi connectivity index (χ2n) is 4.85. The summed E-state index contributed by atoms with van der Waals surface area (Å²) in [4.78, 5) is 11.9. The van der Waals surface area contributed by atoms with Crippen LogP contribution in [0.3, 0.4) is 0 Å². The number of rotatable bonds is 4. The number of nitrogens with two attached hydrogens (primary N) is 1. The zero-order chi connectivity index (χ0) is 15.4. The highest BCUT2D eigenvalue weighted by Crippen LogP contribution is 2.12. The van der Waals surface area contributed by atoms with Crippen molar-refractivity contribution < 1.29 is 13.6 Å². The molecule has 0 fully saturated rings. The van der Waals surface area contributed by atoms with E-state index in [0.29, 0.717) is 13.0 Å². The van der Waals surface area contributed by atoms with Gasteiger partial charge in [-0.1, -0.05) is 6.07 Å². The van der Waals surface area contributed by atoms with Gasteiger partial charge in [-0.3, -0.25) is 4.79 Å². The molecule has 21 heavy (non-hydrogen) atoms. The molecule has 0 aliphatic heterocycles. The van der Waals surface area contributed by atoms with Gasteiger partial charge in [0.25, 0.3) is 5.91 Å². The maximum Gasteiger partial charge on any atom is 0.251 e. The third kappa shape index (κ3) is 4.02. The molecule has 0 radical (unpaired) electrons. The lowest BCUT2D eigenvalue weighted by atomic mass is 10.1. The molecule has 0 aliphatic rings. The Kier molecular flexibility index (Phi) is 4.52. The quantitative estimate of drug-likeness (QED) is 0.851. The van der Waals surface area contributed by atoms with Gasteiger partial charge in [-0.2, -0.15) is 0 Å². The maximum atomic E-state index is 13.2. The van der Waals surface area contributed by atoms with E-state index in [-0.39, 0.29) is 23.0 Å². The molecule has 0 saturated heterocycles. The first-order chi connectivity index (χ1) is 9.95. The van der Waals surface area contributed by atoms with Crippen LogP contribution in [0.25, 0.3) is 0 Å². The number of anilines is 1. The third-order valence-electron chi connectivity index (χ3n) is 3.17. The zero-order valence-corrected chi connectivity index (χ0v) is 11.6. The minimum absolute atomic E-state index is 0.184. The van der Waals surface area contributed by atoms with Crippen molar-refractivity contribution in [2.24, 2.45) is 0 Å². The van der Waals surface area contributed by atoms with Crippen LogP contribution < -0.4 is 11.1 Å². The Labute approximate surface area is 121 Å². The Balaban J connectivity index is 1.95. The van der Waals surface area contributed by atoms with Crippen molar-refractivity contribution in [3.63, 3.8) is 0 Å². The first-order valence-corrected chi connectivity index (χ1v) is 6.55. The van der Waals surface area contributed by atoms with Crippen LogP contribution in [0.4, 0.5) is 14.5 Å². The van der Waals surface area contributed by atoms with Gasteiger partial charge in [0.1, 0.15) is 11.6 Å². The number of nitrogens with one attached hydrogen (secondary N) is 1. The fraction of sp³-hybridized carbons (Fsp3) is 0.188. The minimum atomic E-state index is -0.547. The Bertz CT molecular complexity index is 651. The van der Waals surface area contributed by atoms with Crippen molar-refractivity contribution in [3.05, 3.63) is 64.7 Å². The van der Waals surface area contributed by atoms with Gasteiger partial charge < -0.3 is 11.1 Å². The van der Waals surface area contributed by atoms with Crippen LogP contribution in [-0.4, -0.2) is 12.5 Å². The molecule has 1 amide bonds. The predicted molar refractivity (Wildman–Crippen MR) is 78.0 cm³/mol. The number of carbonyl (C=O) groups excluding carboxylic acids is 1. The van der Waals surface area contributed by atoms with Gasteiger partial charge in [0.05, 0.1) is 0 Å². The van der Waals surface area contributed by atoms with Crippen LogP contribution >= 0.6 is 0 Å². The second-order valence-corrected chi connectivity index (χ2v) is 4.85. The summed E-state index contributed by atoms with van der Waals surface area (Å²) in [6.07, 6.45) is 0.572. The van der Waals surface area contributed by atoms with Crippen LogP contribution in [0.5, 0.6) is 0 Å². The fourth-order valence-electron chi connectivity index (χ4n) is 2.10. The molecule has 0 saturated carbocycles. The molecule has 2 aromatic carbocycles. The Morgan fingerprint density at radius 1 is 1.14 bits per heavy atom. The number of hydrogen-bond donors (Lipinski definition) is 2. The van der Waals surface area contributed by atoms with Crippen molar-refractivity contribution in [2.75, 3.05) is 12.3 Å². The van der Waals surface area contributed by atoms with E-state index in [0.717, 1.165) is 23.3 Å². The van der Waals surface area contributed by atoms with Crippen molar-refractivity contribution in [2.45, 2.75) is 13.3 Å². The van der Waals surface area contributed by atoms with Crippen molar-refractivity contribution in [3.8, 4) is 0 Å². The molecule has 0 aromatic heterocycles. The Hall–Kier alpha value is -2.43. The zero-order valence-electron chi connectivity index (χ0n) is 11.6. The average molecular weight is 290 g/mol. The minimum Gasteiger partial charge on any atom is -0.399 e. The molecule has 5 heteroatoms. The molecule has 0 unspecified atom stereocenters. The highest BCUT2D eigenvalue weighted by molar-refractivity contribution is 5.95. The molecule has 2 rings (SSSR count). The molecular weight excluding hydrogens is 274 g/mol. The molecule has 0 spiro atoms. The van der Waals surface area contributed by atoms with E-state index in [4.69, 9.17) is 5.73 Å². The monoisotopic (exact) mass is 290 g/mol. The number of hydrogen-bond acceptors (Lipinski definition) is 2. The van der Waals surface area contributed by atoms with E-state index < -0.39 is 5.82 Å². The third-order valence-corrected chi connectivity index (χ3v) is 3.17. The summed E-state index contributed by atoms with van der Waals surface area (Å²) in [5, 5.41) is 2.69. The lowest BCUT2D eigenvalue weighted by Crippen LogP contribution is -2.26. The Morgan fingerprint density at radius 3 is 2.57 bits per heavy atom. The molecule has 110 valence electrons. The van der Waals surface area contributed by atoms with Gasteiger partial charge in [0.15, 0.2) is 0 Å². The van der Waals surface area contributed by atoms with Gasteiger partial charge in [0.2, 0.25) is 0 Å². The molecule has 0 heterocycles. The van der Waals surface area contributed by atoms with Gasteiger partial charge in [0, 0.05) is 17.8 Å². The number of benzene rings is 2. The van der Waals surface area contributed by atoms with Gasteiger partial charge in [-0.15, -0.1) is 0 Å². The van der Waals surface area contributed by atoms with E-state index in [2.05, 4.69) is 5.32 Å². The average Bonchev–Trinajstić information content (AvgIpc) is 2.40. The van der Waals surface area contributed by atoms with E-state index in [1.54, 1.807) is 6.07 Å². The number of nitrogen functional groups attached to an aromatic ring is 1. The molecule has 0 atom stereocenters. The van der Waals surface area contributed by atoms with Gasteiger partial charge in [-0.25, -0.2) is 8.78 Å². The van der Waals surface area contributed by atoms with E-state index in [1.807, 2.05) is 6.92 Å². The summed E-state index contributed by atoms with van der Waals surface area (Å²) in [7, 11) is 0. The summed E-state index contributed by atoms with van der Waals surface area (Å²) in [5.41, 5.74) is 7.67. The predicted octanol–water partition coefficient (Wildman–Crippen LogP) is 2.83. The summed E-state index contributed by atoms with van der Waals surface area (Å²) < 4.78 is 26.1. The van der Waals surface area contributed by atoms with Crippen LogP contribution in [0.1, 0.15) is 21.5 Å². The van der Waals surface area contributed by atoms with Crippen LogP contribution in [-0.2, 0) is 6.42 Å². The fourth-order valence-corrected chi connectivity index (χ4v) is 2.10. The summed E-state index contributed by atoms with van der Waals surface area (Å²) >= 11 is 0. The van der Waals surface area contributed by atoms with Crippen LogP contribution in [0, 0.1) is 18.6 Å². The number of halogens is 2. The van der Waals surface area contributed by atoms with Crippen molar-refractivity contribution in [1.82, 2.24) is 5.32 Å². The first kappa shape index (κ1) is 15.0. The smallest absolute Gasteiger partial charge is 0.251 e. The Morgan fingerprint density at radius 2 is 1.90 bits per heavy atom. The highest BCUT2D eigenvalue weighted by atomic mass is 19.1. The summed E-state index contributed by atoms with van der Waals surface area (Å²) in [6, 6.07) is 8.23. The van der Waals surface area contributed by atoms with Gasteiger partial charge in [-0.05, 0) is 54.8 Å². The molecule has 0 bridgehead atoms. The maximum absolute atomic E-state index is 13.2. The topological polar surface area (TPSA) is 55.1 Å². The molecule has 3 nitrogen and oxygen atoms in total. The van der Waals surface area contributed by atoms with Crippen LogP contribution in [0.15, 0.2) is 36.4 Å². The molecular formula is C16H16F2N2O. The lowest BCUT2D eigenvalue weighted by Gasteiger charge is -2.08. The number of aryl methyl sites for hydroxylation is 1. The van der Waals surface area contributed by atoms with Crippen LogP contribution in [0.2, 0.25) is 0 Å².